The van der Waals surface area contributed by atoms with Gasteiger partial charge in [-0.1, -0.05) is 30.3 Å². The summed E-state index contributed by atoms with van der Waals surface area (Å²) in [6.45, 7) is 0. The Morgan fingerprint density at radius 2 is 1.61 bits per heavy atom. The van der Waals surface area contributed by atoms with Crippen molar-refractivity contribution >= 4 is 23.2 Å². The summed E-state index contributed by atoms with van der Waals surface area (Å²) < 4.78 is 5.10. The topological polar surface area (TPSA) is 54.2 Å². The van der Waals surface area contributed by atoms with Crippen molar-refractivity contribution in [2.75, 3.05) is 7.11 Å². The SMILES string of the molecule is COc1ccc(/C=N\N=C\c2c(O)ccc3ccccc23)cc1. The molecule has 0 aliphatic rings. The number of ether oxygens (including phenoxy) is 1. The normalized spacial score (nSPS) is 11.5. The lowest BCUT2D eigenvalue weighted by Gasteiger charge is -2.03. The Morgan fingerprint density at radius 3 is 2.39 bits per heavy atom. The molecule has 0 unspecified atom stereocenters. The first-order valence-electron chi connectivity index (χ1n) is 7.19. The van der Waals surface area contributed by atoms with Gasteiger partial charge in [-0.25, -0.2) is 0 Å². The maximum Gasteiger partial charge on any atom is 0.125 e. The largest absolute Gasteiger partial charge is 0.507 e. The molecule has 4 nitrogen and oxygen atoms in total. The van der Waals surface area contributed by atoms with Gasteiger partial charge < -0.3 is 9.84 Å². The van der Waals surface area contributed by atoms with Gasteiger partial charge in [-0.3, -0.25) is 0 Å². The number of methoxy groups -OCH3 is 1. The zero-order valence-electron chi connectivity index (χ0n) is 12.7. The molecule has 3 aromatic carbocycles. The van der Waals surface area contributed by atoms with Crippen LogP contribution < -0.4 is 4.74 Å². The Kier molecular flexibility index (Phi) is 4.34. The summed E-state index contributed by atoms with van der Waals surface area (Å²) in [6, 6.07) is 18.9. The Labute approximate surface area is 134 Å². The van der Waals surface area contributed by atoms with Gasteiger partial charge in [-0.15, -0.1) is 0 Å². The molecule has 0 atom stereocenters. The van der Waals surface area contributed by atoms with Gasteiger partial charge in [0.25, 0.3) is 0 Å². The zero-order valence-corrected chi connectivity index (χ0v) is 12.7. The summed E-state index contributed by atoms with van der Waals surface area (Å²) in [7, 11) is 1.63. The molecule has 0 bridgehead atoms. The Bertz CT molecular complexity index is 868. The van der Waals surface area contributed by atoms with Crippen LogP contribution in [-0.2, 0) is 0 Å². The fourth-order valence-electron chi connectivity index (χ4n) is 2.30. The van der Waals surface area contributed by atoms with Crippen molar-refractivity contribution in [2.45, 2.75) is 0 Å². The van der Waals surface area contributed by atoms with E-state index in [1.807, 2.05) is 54.6 Å². The molecule has 0 fully saturated rings. The van der Waals surface area contributed by atoms with E-state index in [2.05, 4.69) is 10.2 Å². The van der Waals surface area contributed by atoms with Crippen molar-refractivity contribution < 1.29 is 9.84 Å². The number of aromatic hydroxyl groups is 1. The summed E-state index contributed by atoms with van der Waals surface area (Å²) in [4.78, 5) is 0. The van der Waals surface area contributed by atoms with E-state index < -0.39 is 0 Å². The third kappa shape index (κ3) is 3.37. The minimum atomic E-state index is 0.187. The lowest BCUT2D eigenvalue weighted by atomic mass is 10.0. The first-order valence-corrected chi connectivity index (χ1v) is 7.19. The monoisotopic (exact) mass is 304 g/mol. The second-order valence-corrected chi connectivity index (χ2v) is 4.98. The van der Waals surface area contributed by atoms with E-state index in [9.17, 15) is 5.11 Å². The lowest BCUT2D eigenvalue weighted by Crippen LogP contribution is -1.86. The fourth-order valence-corrected chi connectivity index (χ4v) is 2.30. The molecule has 0 amide bonds. The average Bonchev–Trinajstić information content (AvgIpc) is 2.60. The summed E-state index contributed by atoms with van der Waals surface area (Å²) in [6.07, 6.45) is 3.22. The van der Waals surface area contributed by atoms with Crippen molar-refractivity contribution in [3.05, 3.63) is 71.8 Å². The molecule has 0 radical (unpaired) electrons. The summed E-state index contributed by atoms with van der Waals surface area (Å²) in [5, 5.41) is 20.1. The summed E-state index contributed by atoms with van der Waals surface area (Å²) in [5.41, 5.74) is 1.58. The first-order chi connectivity index (χ1) is 11.3. The second kappa shape index (κ2) is 6.75. The fraction of sp³-hybridized carbons (Fsp3) is 0.0526. The van der Waals surface area contributed by atoms with Crippen LogP contribution in [0, 0.1) is 0 Å². The molecule has 4 heteroatoms. The van der Waals surface area contributed by atoms with E-state index in [-0.39, 0.29) is 5.75 Å². The van der Waals surface area contributed by atoms with Crippen LogP contribution in [0.2, 0.25) is 0 Å². The van der Waals surface area contributed by atoms with E-state index in [1.165, 1.54) is 0 Å². The van der Waals surface area contributed by atoms with E-state index in [0.717, 1.165) is 22.1 Å². The highest BCUT2D eigenvalue weighted by atomic mass is 16.5. The minimum Gasteiger partial charge on any atom is -0.507 e. The number of phenols is 1. The van der Waals surface area contributed by atoms with Gasteiger partial charge in [0.1, 0.15) is 11.5 Å². The molecule has 0 saturated heterocycles. The Balaban J connectivity index is 1.82. The number of nitrogens with zero attached hydrogens (tertiary/aromatic N) is 2. The second-order valence-electron chi connectivity index (χ2n) is 4.98. The Hall–Kier alpha value is -3.14. The molecule has 0 spiro atoms. The summed E-state index contributed by atoms with van der Waals surface area (Å²) >= 11 is 0. The van der Waals surface area contributed by atoms with Crippen molar-refractivity contribution in [1.29, 1.82) is 0 Å². The van der Waals surface area contributed by atoms with Gasteiger partial charge >= 0.3 is 0 Å². The van der Waals surface area contributed by atoms with Crippen molar-refractivity contribution in [1.82, 2.24) is 0 Å². The lowest BCUT2D eigenvalue weighted by molar-refractivity contribution is 0.415. The minimum absolute atomic E-state index is 0.187. The van der Waals surface area contributed by atoms with E-state index >= 15 is 0 Å². The quantitative estimate of drug-likeness (QED) is 0.585. The average molecular weight is 304 g/mol. The number of benzene rings is 3. The molecular formula is C19H16N2O2. The van der Waals surface area contributed by atoms with Gasteiger partial charge in [-0.05, 0) is 46.7 Å². The first kappa shape index (κ1) is 14.8. The molecule has 1 N–H and O–H groups in total. The van der Waals surface area contributed by atoms with Crippen LogP contribution in [0.4, 0.5) is 0 Å². The molecule has 0 aromatic heterocycles. The van der Waals surface area contributed by atoms with Crippen LogP contribution >= 0.6 is 0 Å². The van der Waals surface area contributed by atoms with Gasteiger partial charge in [0.15, 0.2) is 0 Å². The van der Waals surface area contributed by atoms with E-state index in [1.54, 1.807) is 25.6 Å². The third-order valence-electron chi connectivity index (χ3n) is 3.52. The smallest absolute Gasteiger partial charge is 0.125 e. The predicted molar refractivity (Wildman–Crippen MR) is 93.8 cm³/mol. The van der Waals surface area contributed by atoms with Crippen LogP contribution in [0.5, 0.6) is 11.5 Å². The number of hydrogen-bond donors (Lipinski definition) is 1. The highest BCUT2D eigenvalue weighted by molar-refractivity contribution is 6.02. The molecular weight excluding hydrogens is 288 g/mol. The van der Waals surface area contributed by atoms with Crippen LogP contribution in [0.15, 0.2) is 70.9 Å². The number of phenolic OH excluding ortho intramolecular Hbond substituents is 1. The standard InChI is InChI=1S/C19H16N2O2/c1-23-16-9-6-14(7-10-16)12-20-21-13-18-17-5-3-2-4-15(17)8-11-19(18)22/h2-13,22H,1H3/b20-12-,21-13+. The molecule has 0 heterocycles. The number of hydrogen-bond acceptors (Lipinski definition) is 4. The molecule has 3 rings (SSSR count). The van der Waals surface area contributed by atoms with E-state index in [0.29, 0.717) is 5.56 Å². The van der Waals surface area contributed by atoms with Crippen LogP contribution in [0.25, 0.3) is 10.8 Å². The number of rotatable bonds is 4. The number of fused-ring (bicyclic) bond motifs is 1. The van der Waals surface area contributed by atoms with Crippen LogP contribution in [0.3, 0.4) is 0 Å². The van der Waals surface area contributed by atoms with Crippen molar-refractivity contribution in [2.24, 2.45) is 10.2 Å². The van der Waals surface area contributed by atoms with Crippen molar-refractivity contribution in [3.8, 4) is 11.5 Å². The molecule has 0 aliphatic carbocycles. The van der Waals surface area contributed by atoms with Gasteiger partial charge in [0.2, 0.25) is 0 Å². The molecule has 0 aliphatic heterocycles. The van der Waals surface area contributed by atoms with E-state index in [4.69, 9.17) is 4.74 Å². The van der Waals surface area contributed by atoms with Gasteiger partial charge in [0.05, 0.1) is 19.5 Å². The van der Waals surface area contributed by atoms with Crippen LogP contribution in [0.1, 0.15) is 11.1 Å². The molecule has 23 heavy (non-hydrogen) atoms. The highest BCUT2D eigenvalue weighted by Gasteiger charge is 2.03. The summed E-state index contributed by atoms with van der Waals surface area (Å²) in [5.74, 6) is 0.985. The Morgan fingerprint density at radius 1 is 0.870 bits per heavy atom. The molecule has 0 saturated carbocycles. The predicted octanol–water partition coefficient (Wildman–Crippen LogP) is 4.01. The molecule has 3 aromatic rings. The van der Waals surface area contributed by atoms with Crippen LogP contribution in [-0.4, -0.2) is 24.6 Å². The molecule has 114 valence electrons. The van der Waals surface area contributed by atoms with Crippen molar-refractivity contribution in [3.63, 3.8) is 0 Å². The highest BCUT2D eigenvalue weighted by Crippen LogP contribution is 2.25. The third-order valence-corrected chi connectivity index (χ3v) is 3.52. The van der Waals surface area contributed by atoms with Gasteiger partial charge in [-0.2, -0.15) is 10.2 Å². The zero-order chi connectivity index (χ0) is 16.1. The maximum atomic E-state index is 10.0. The maximum absolute atomic E-state index is 10.0. The van der Waals surface area contributed by atoms with Gasteiger partial charge in [0, 0.05) is 5.56 Å².